The van der Waals surface area contributed by atoms with E-state index < -0.39 is 0 Å². The standard InChI is InChI=1S/C15H18N2O2/c1-15(2,9-6-7-12(18)13(19)8-9)14-10-4-3-5-11(10)16-17-14/h6-8,18-19H,3-5H2,1-2H3,(H,16,17). The molecule has 0 saturated carbocycles. The Morgan fingerprint density at radius 2 is 1.95 bits per heavy atom. The number of nitrogens with zero attached hydrogens (tertiary/aromatic N) is 1. The number of fused-ring (bicyclic) bond motifs is 1. The molecule has 0 unspecified atom stereocenters. The summed E-state index contributed by atoms with van der Waals surface area (Å²) >= 11 is 0. The Hall–Kier alpha value is -1.97. The topological polar surface area (TPSA) is 69.1 Å². The van der Waals surface area contributed by atoms with Crippen molar-refractivity contribution in [3.63, 3.8) is 0 Å². The maximum Gasteiger partial charge on any atom is 0.157 e. The van der Waals surface area contributed by atoms with Crippen LogP contribution < -0.4 is 0 Å². The van der Waals surface area contributed by atoms with Crippen molar-refractivity contribution in [2.45, 2.75) is 38.5 Å². The Bertz CT molecular complexity index is 629. The normalized spacial score (nSPS) is 14.6. The van der Waals surface area contributed by atoms with Gasteiger partial charge in [-0.25, -0.2) is 0 Å². The van der Waals surface area contributed by atoms with Crippen LogP contribution >= 0.6 is 0 Å². The lowest BCUT2D eigenvalue weighted by molar-refractivity contribution is 0.402. The molecule has 1 aromatic heterocycles. The maximum absolute atomic E-state index is 9.68. The summed E-state index contributed by atoms with van der Waals surface area (Å²) < 4.78 is 0. The number of aromatic nitrogens is 2. The molecule has 0 bridgehead atoms. The van der Waals surface area contributed by atoms with Crippen LogP contribution in [0.1, 0.15) is 42.8 Å². The third-order valence-electron chi connectivity index (χ3n) is 4.10. The third kappa shape index (κ3) is 1.79. The van der Waals surface area contributed by atoms with Crippen molar-refractivity contribution < 1.29 is 10.2 Å². The molecule has 4 heteroatoms. The summed E-state index contributed by atoms with van der Waals surface area (Å²) in [6, 6.07) is 4.98. The van der Waals surface area contributed by atoms with Crippen LogP contribution in [-0.4, -0.2) is 20.4 Å². The number of hydrogen-bond acceptors (Lipinski definition) is 3. The summed E-state index contributed by atoms with van der Waals surface area (Å²) in [5, 5.41) is 26.7. The number of nitrogens with one attached hydrogen (secondary N) is 1. The highest BCUT2D eigenvalue weighted by Gasteiger charge is 2.32. The average Bonchev–Trinajstić information content (AvgIpc) is 2.94. The first kappa shape index (κ1) is 12.1. The number of rotatable bonds is 2. The number of phenolic OH excluding ortho intramolecular Hbond substituents is 2. The lowest BCUT2D eigenvalue weighted by Gasteiger charge is -2.24. The van der Waals surface area contributed by atoms with Crippen LogP contribution in [0.2, 0.25) is 0 Å². The first-order chi connectivity index (χ1) is 9.00. The fraction of sp³-hybridized carbons (Fsp3) is 0.400. The number of phenols is 2. The molecule has 0 radical (unpaired) electrons. The Morgan fingerprint density at radius 1 is 1.16 bits per heavy atom. The second-order valence-corrected chi connectivity index (χ2v) is 5.71. The summed E-state index contributed by atoms with van der Waals surface area (Å²) in [5.74, 6) is -0.176. The van der Waals surface area contributed by atoms with E-state index >= 15 is 0 Å². The van der Waals surface area contributed by atoms with E-state index in [-0.39, 0.29) is 16.9 Å². The quantitative estimate of drug-likeness (QED) is 0.725. The molecule has 1 aliphatic carbocycles. The van der Waals surface area contributed by atoms with Crippen LogP contribution in [0.4, 0.5) is 0 Å². The van der Waals surface area contributed by atoms with Crippen LogP contribution in [-0.2, 0) is 18.3 Å². The Morgan fingerprint density at radius 3 is 2.68 bits per heavy atom. The summed E-state index contributed by atoms with van der Waals surface area (Å²) in [5.41, 5.74) is 4.26. The first-order valence-corrected chi connectivity index (χ1v) is 6.59. The molecule has 0 spiro atoms. The minimum Gasteiger partial charge on any atom is -0.504 e. The number of aromatic amines is 1. The van der Waals surface area contributed by atoms with Crippen LogP contribution in [0.5, 0.6) is 11.5 Å². The van der Waals surface area contributed by atoms with Crippen molar-refractivity contribution in [2.24, 2.45) is 0 Å². The van der Waals surface area contributed by atoms with Crippen LogP contribution in [0.3, 0.4) is 0 Å². The molecule has 0 amide bonds. The van der Waals surface area contributed by atoms with Crippen LogP contribution in [0, 0.1) is 0 Å². The second-order valence-electron chi connectivity index (χ2n) is 5.71. The minimum absolute atomic E-state index is 0.0854. The first-order valence-electron chi connectivity index (χ1n) is 6.59. The third-order valence-corrected chi connectivity index (χ3v) is 4.10. The molecule has 100 valence electrons. The fourth-order valence-corrected chi connectivity index (χ4v) is 2.89. The highest BCUT2D eigenvalue weighted by Crippen LogP contribution is 2.38. The zero-order chi connectivity index (χ0) is 13.6. The lowest BCUT2D eigenvalue weighted by atomic mass is 9.79. The van der Waals surface area contributed by atoms with Gasteiger partial charge in [-0.1, -0.05) is 19.9 Å². The molecule has 19 heavy (non-hydrogen) atoms. The van der Waals surface area contributed by atoms with E-state index in [1.807, 2.05) is 6.07 Å². The van der Waals surface area contributed by atoms with Gasteiger partial charge in [0, 0.05) is 11.1 Å². The molecular formula is C15H18N2O2. The zero-order valence-corrected chi connectivity index (χ0v) is 11.2. The molecule has 0 fully saturated rings. The maximum atomic E-state index is 9.68. The molecule has 1 aromatic carbocycles. The zero-order valence-electron chi connectivity index (χ0n) is 11.2. The summed E-state index contributed by atoms with van der Waals surface area (Å²) in [6.45, 7) is 4.18. The predicted molar refractivity (Wildman–Crippen MR) is 72.5 cm³/mol. The molecule has 3 N–H and O–H groups in total. The van der Waals surface area contributed by atoms with Gasteiger partial charge in [-0.3, -0.25) is 5.10 Å². The Balaban J connectivity index is 2.08. The molecule has 0 atom stereocenters. The van der Waals surface area contributed by atoms with E-state index in [0.717, 1.165) is 24.1 Å². The lowest BCUT2D eigenvalue weighted by Crippen LogP contribution is -2.21. The van der Waals surface area contributed by atoms with Crippen molar-refractivity contribution >= 4 is 0 Å². The minimum atomic E-state index is -0.292. The number of aromatic hydroxyl groups is 2. The van der Waals surface area contributed by atoms with Gasteiger partial charge in [0.25, 0.3) is 0 Å². The molecular weight excluding hydrogens is 240 g/mol. The Labute approximate surface area is 112 Å². The van der Waals surface area contributed by atoms with Gasteiger partial charge in [-0.2, -0.15) is 5.10 Å². The van der Waals surface area contributed by atoms with Crippen molar-refractivity contribution in [3.05, 3.63) is 40.7 Å². The van der Waals surface area contributed by atoms with Gasteiger partial charge in [-0.05, 0) is 42.5 Å². The van der Waals surface area contributed by atoms with Gasteiger partial charge in [0.1, 0.15) is 0 Å². The Kier molecular flexibility index (Phi) is 2.55. The predicted octanol–water partition coefficient (Wildman–Crippen LogP) is 2.64. The molecule has 4 nitrogen and oxygen atoms in total. The second kappa shape index (κ2) is 4.02. The highest BCUT2D eigenvalue weighted by atomic mass is 16.3. The van der Waals surface area contributed by atoms with E-state index in [1.54, 1.807) is 6.07 Å². The van der Waals surface area contributed by atoms with E-state index in [4.69, 9.17) is 0 Å². The van der Waals surface area contributed by atoms with Crippen LogP contribution in [0.25, 0.3) is 0 Å². The molecule has 2 aromatic rings. The summed E-state index contributed by atoms with van der Waals surface area (Å²) in [6.07, 6.45) is 3.31. The van der Waals surface area contributed by atoms with Crippen LogP contribution in [0.15, 0.2) is 18.2 Å². The van der Waals surface area contributed by atoms with Gasteiger partial charge in [0.15, 0.2) is 11.5 Å². The highest BCUT2D eigenvalue weighted by molar-refractivity contribution is 5.47. The van der Waals surface area contributed by atoms with Gasteiger partial charge in [0.2, 0.25) is 0 Å². The van der Waals surface area contributed by atoms with E-state index in [1.165, 1.54) is 23.7 Å². The molecule has 0 saturated heterocycles. The van der Waals surface area contributed by atoms with E-state index in [0.29, 0.717) is 0 Å². The van der Waals surface area contributed by atoms with Gasteiger partial charge in [-0.15, -0.1) is 0 Å². The summed E-state index contributed by atoms with van der Waals surface area (Å²) in [4.78, 5) is 0. The monoisotopic (exact) mass is 258 g/mol. The number of aryl methyl sites for hydroxylation is 1. The van der Waals surface area contributed by atoms with Gasteiger partial charge < -0.3 is 10.2 Å². The smallest absolute Gasteiger partial charge is 0.157 e. The number of hydrogen-bond donors (Lipinski definition) is 3. The van der Waals surface area contributed by atoms with Crippen molar-refractivity contribution in [1.82, 2.24) is 10.2 Å². The van der Waals surface area contributed by atoms with Gasteiger partial charge in [0.05, 0.1) is 5.69 Å². The number of H-pyrrole nitrogens is 1. The molecule has 1 aliphatic rings. The largest absolute Gasteiger partial charge is 0.504 e. The van der Waals surface area contributed by atoms with Crippen molar-refractivity contribution in [1.29, 1.82) is 0 Å². The van der Waals surface area contributed by atoms with Gasteiger partial charge >= 0.3 is 0 Å². The average molecular weight is 258 g/mol. The molecule has 0 aliphatic heterocycles. The van der Waals surface area contributed by atoms with Crippen molar-refractivity contribution in [3.8, 4) is 11.5 Å². The van der Waals surface area contributed by atoms with Crippen molar-refractivity contribution in [2.75, 3.05) is 0 Å². The molecule has 1 heterocycles. The van der Waals surface area contributed by atoms with E-state index in [9.17, 15) is 10.2 Å². The van der Waals surface area contributed by atoms with E-state index in [2.05, 4.69) is 24.0 Å². The fourth-order valence-electron chi connectivity index (χ4n) is 2.89. The number of benzene rings is 1. The molecule has 3 rings (SSSR count). The summed E-state index contributed by atoms with van der Waals surface area (Å²) in [7, 11) is 0. The SMILES string of the molecule is CC(C)(c1ccc(O)c(O)c1)c1n[nH]c2c1CCC2.